The van der Waals surface area contributed by atoms with Crippen LogP contribution in [0.2, 0.25) is 0 Å². The minimum Gasteiger partial charge on any atom is -0.488 e. The van der Waals surface area contributed by atoms with E-state index in [0.717, 1.165) is 24.1 Å². The summed E-state index contributed by atoms with van der Waals surface area (Å²) in [5, 5.41) is 3.26. The molecular weight excluding hydrogens is 397 g/mol. The van der Waals surface area contributed by atoms with Gasteiger partial charge in [0.2, 0.25) is 0 Å². The first-order chi connectivity index (χ1) is 15.0. The fourth-order valence-corrected chi connectivity index (χ4v) is 4.00. The van der Waals surface area contributed by atoms with E-state index >= 15 is 0 Å². The highest BCUT2D eigenvalue weighted by Crippen LogP contribution is 2.35. The molecule has 2 aliphatic rings. The SMILES string of the molecule is C/C(N)=C/Nc1ccc(/C=C2\OCCn3c2nc(=O)n3-c2ccc(F)cc2)c2c1CC2. The number of benzene rings is 2. The highest BCUT2D eigenvalue weighted by molar-refractivity contribution is 5.79. The highest BCUT2D eigenvalue weighted by atomic mass is 19.1. The molecule has 2 heterocycles. The van der Waals surface area contributed by atoms with Crippen LogP contribution in [0.3, 0.4) is 0 Å². The van der Waals surface area contributed by atoms with Gasteiger partial charge in [0.15, 0.2) is 11.6 Å². The van der Waals surface area contributed by atoms with Gasteiger partial charge in [-0.3, -0.25) is 4.68 Å². The maximum Gasteiger partial charge on any atom is 0.369 e. The Kier molecular flexibility index (Phi) is 4.62. The monoisotopic (exact) mass is 419 g/mol. The fraction of sp³-hybridized carbons (Fsp3) is 0.217. The Morgan fingerprint density at radius 3 is 2.68 bits per heavy atom. The zero-order valence-electron chi connectivity index (χ0n) is 17.1. The summed E-state index contributed by atoms with van der Waals surface area (Å²) in [6.45, 7) is 2.73. The van der Waals surface area contributed by atoms with Gasteiger partial charge in [-0.2, -0.15) is 9.67 Å². The summed E-state index contributed by atoms with van der Waals surface area (Å²) in [7, 11) is 0. The number of ether oxygens (including phenoxy) is 1. The standard InChI is InChI=1S/C23H22FN5O2/c1-14(25)13-26-20-9-2-15(18-7-8-19(18)20)12-21-22-27-23(30)29(28(22)10-11-31-21)17-5-3-16(24)4-6-17/h2-6,9,12-13,26H,7-8,10-11,25H2,1H3/b14-13-,21-12-. The summed E-state index contributed by atoms with van der Waals surface area (Å²) in [6.07, 6.45) is 5.71. The zero-order chi connectivity index (χ0) is 21.5. The first-order valence-electron chi connectivity index (χ1n) is 10.2. The Morgan fingerprint density at radius 1 is 1.19 bits per heavy atom. The summed E-state index contributed by atoms with van der Waals surface area (Å²) in [5.74, 6) is 0.668. The quantitative estimate of drug-likeness (QED) is 0.679. The Morgan fingerprint density at radius 2 is 1.97 bits per heavy atom. The van der Waals surface area contributed by atoms with Crippen molar-refractivity contribution in [2.45, 2.75) is 26.3 Å². The van der Waals surface area contributed by atoms with Crippen molar-refractivity contribution < 1.29 is 9.13 Å². The van der Waals surface area contributed by atoms with Gasteiger partial charge >= 0.3 is 5.69 Å². The van der Waals surface area contributed by atoms with Crippen molar-refractivity contribution in [2.24, 2.45) is 5.73 Å². The van der Waals surface area contributed by atoms with E-state index in [9.17, 15) is 9.18 Å². The van der Waals surface area contributed by atoms with Gasteiger partial charge in [0.05, 0.1) is 12.2 Å². The topological polar surface area (TPSA) is 87.1 Å². The Balaban J connectivity index is 1.54. The number of fused-ring (bicyclic) bond motifs is 2. The van der Waals surface area contributed by atoms with Crippen LogP contribution >= 0.6 is 0 Å². The molecule has 3 N–H and O–H groups in total. The van der Waals surface area contributed by atoms with Gasteiger partial charge in [-0.15, -0.1) is 0 Å². The summed E-state index contributed by atoms with van der Waals surface area (Å²) < 4.78 is 22.4. The van der Waals surface area contributed by atoms with Crippen LogP contribution in [0.15, 0.2) is 53.1 Å². The van der Waals surface area contributed by atoms with E-state index in [2.05, 4.69) is 10.3 Å². The second kappa shape index (κ2) is 7.46. The van der Waals surface area contributed by atoms with Gasteiger partial charge < -0.3 is 15.8 Å². The molecule has 8 heteroatoms. The minimum atomic E-state index is -0.422. The van der Waals surface area contributed by atoms with Crippen molar-refractivity contribution in [3.8, 4) is 5.69 Å². The fourth-order valence-electron chi connectivity index (χ4n) is 4.00. The largest absolute Gasteiger partial charge is 0.488 e. The number of nitrogens with zero attached hydrogens (tertiary/aromatic N) is 3. The molecular formula is C23H22FN5O2. The third-order valence-corrected chi connectivity index (χ3v) is 5.56. The molecule has 31 heavy (non-hydrogen) atoms. The van der Waals surface area contributed by atoms with Gasteiger partial charge in [-0.25, -0.2) is 9.18 Å². The molecule has 1 aliphatic carbocycles. The van der Waals surface area contributed by atoms with Crippen LogP contribution in [-0.2, 0) is 24.1 Å². The molecule has 0 spiro atoms. The van der Waals surface area contributed by atoms with Gasteiger partial charge in [0.25, 0.3) is 0 Å². The number of allylic oxidation sites excluding steroid dienone is 1. The molecule has 0 saturated heterocycles. The van der Waals surface area contributed by atoms with Crippen molar-refractivity contribution in [2.75, 3.05) is 11.9 Å². The normalized spacial score (nSPS) is 16.3. The maximum absolute atomic E-state index is 13.3. The molecule has 0 fully saturated rings. The minimum absolute atomic E-state index is 0.355. The number of aromatic nitrogens is 3. The van der Waals surface area contributed by atoms with Crippen LogP contribution in [0, 0.1) is 5.82 Å². The van der Waals surface area contributed by atoms with Crippen LogP contribution in [0.25, 0.3) is 17.5 Å². The van der Waals surface area contributed by atoms with E-state index in [4.69, 9.17) is 10.5 Å². The molecule has 1 aromatic heterocycles. The number of nitrogens with two attached hydrogens (primary N) is 1. The second-order valence-corrected chi connectivity index (χ2v) is 7.68. The van der Waals surface area contributed by atoms with Crippen LogP contribution in [0.4, 0.5) is 10.1 Å². The molecule has 0 radical (unpaired) electrons. The van der Waals surface area contributed by atoms with Crippen LogP contribution in [-0.4, -0.2) is 21.0 Å². The van der Waals surface area contributed by atoms with Crippen LogP contribution in [0.1, 0.15) is 29.4 Å². The van der Waals surface area contributed by atoms with Gasteiger partial charge in [-0.05, 0) is 72.9 Å². The van der Waals surface area contributed by atoms with Crippen molar-refractivity contribution in [3.63, 3.8) is 0 Å². The number of anilines is 1. The van der Waals surface area contributed by atoms with Crippen molar-refractivity contribution in [1.29, 1.82) is 0 Å². The summed E-state index contributed by atoms with van der Waals surface area (Å²) in [4.78, 5) is 16.8. The van der Waals surface area contributed by atoms with E-state index in [0.29, 0.717) is 36.1 Å². The third kappa shape index (κ3) is 3.39. The molecule has 158 valence electrons. The molecule has 0 unspecified atom stereocenters. The summed E-state index contributed by atoms with van der Waals surface area (Å²) in [6, 6.07) is 9.84. The molecule has 0 bridgehead atoms. The molecule has 0 saturated carbocycles. The molecule has 7 nitrogen and oxygen atoms in total. The number of hydrogen-bond donors (Lipinski definition) is 2. The molecule has 5 rings (SSSR count). The Bertz CT molecular complexity index is 1280. The van der Waals surface area contributed by atoms with Crippen molar-refractivity contribution in [1.82, 2.24) is 14.3 Å². The van der Waals surface area contributed by atoms with Gasteiger partial charge in [0, 0.05) is 17.6 Å². The number of hydrogen-bond acceptors (Lipinski definition) is 5. The zero-order valence-corrected chi connectivity index (χ0v) is 17.1. The van der Waals surface area contributed by atoms with Crippen LogP contribution < -0.4 is 16.7 Å². The highest BCUT2D eigenvalue weighted by Gasteiger charge is 2.25. The average Bonchev–Trinajstić information content (AvgIpc) is 3.05. The third-order valence-electron chi connectivity index (χ3n) is 5.56. The Labute approximate surface area is 178 Å². The lowest BCUT2D eigenvalue weighted by atomic mass is 9.83. The first-order valence-corrected chi connectivity index (χ1v) is 10.2. The predicted molar refractivity (Wildman–Crippen MR) is 117 cm³/mol. The van der Waals surface area contributed by atoms with Crippen molar-refractivity contribution in [3.05, 3.63) is 87.1 Å². The van der Waals surface area contributed by atoms with E-state index in [-0.39, 0.29) is 5.82 Å². The van der Waals surface area contributed by atoms with Gasteiger partial charge in [0.1, 0.15) is 12.4 Å². The summed E-state index contributed by atoms with van der Waals surface area (Å²) >= 11 is 0. The molecule has 0 amide bonds. The molecule has 3 aromatic rings. The van der Waals surface area contributed by atoms with E-state index in [1.165, 1.54) is 27.9 Å². The van der Waals surface area contributed by atoms with E-state index < -0.39 is 5.69 Å². The summed E-state index contributed by atoms with van der Waals surface area (Å²) in [5.41, 5.74) is 11.2. The molecule has 0 atom stereocenters. The van der Waals surface area contributed by atoms with E-state index in [1.54, 1.807) is 23.0 Å². The predicted octanol–water partition coefficient (Wildman–Crippen LogP) is 3.03. The number of halogens is 1. The first kappa shape index (κ1) is 19.2. The lowest BCUT2D eigenvalue weighted by molar-refractivity contribution is 0.223. The van der Waals surface area contributed by atoms with Gasteiger partial charge in [-0.1, -0.05) is 6.07 Å². The molecule has 2 aromatic carbocycles. The number of rotatable bonds is 4. The Hall–Kier alpha value is -3.81. The van der Waals surface area contributed by atoms with Crippen LogP contribution in [0.5, 0.6) is 0 Å². The second-order valence-electron chi connectivity index (χ2n) is 7.68. The average molecular weight is 419 g/mol. The lowest BCUT2D eigenvalue weighted by Crippen LogP contribution is -2.26. The number of nitrogens with one attached hydrogen (secondary N) is 1. The van der Waals surface area contributed by atoms with E-state index in [1.807, 2.05) is 25.1 Å². The smallest absolute Gasteiger partial charge is 0.369 e. The molecule has 1 aliphatic heterocycles. The maximum atomic E-state index is 13.3. The lowest BCUT2D eigenvalue weighted by Gasteiger charge is -2.26. The van der Waals surface area contributed by atoms with Crippen molar-refractivity contribution >= 4 is 17.5 Å².